The molecule has 0 amide bonds. The first-order valence-corrected chi connectivity index (χ1v) is 3.70. The Morgan fingerprint density at radius 3 is 2.67 bits per heavy atom. The number of hydrogen-bond acceptors (Lipinski definition) is 4. The van der Waals surface area contributed by atoms with Crippen LogP contribution in [0.5, 0.6) is 0 Å². The van der Waals surface area contributed by atoms with Crippen LogP contribution in [0.4, 0.5) is 10.3 Å². The summed E-state index contributed by atoms with van der Waals surface area (Å²) in [6.07, 6.45) is 0.391. The van der Waals surface area contributed by atoms with E-state index in [2.05, 4.69) is 9.97 Å². The summed E-state index contributed by atoms with van der Waals surface area (Å²) in [5.74, 6) is -0.923. The monoisotopic (exact) mass is 190 g/mol. The van der Waals surface area contributed by atoms with Crippen LogP contribution in [-0.2, 0) is 6.42 Å². The van der Waals surface area contributed by atoms with Gasteiger partial charge in [-0.3, -0.25) is 0 Å². The average molecular weight is 191 g/mol. The molecule has 0 bridgehead atoms. The fraction of sp³-hybridized carbons (Fsp3) is 0.333. The van der Waals surface area contributed by atoms with Crippen LogP contribution in [-0.4, -0.2) is 16.5 Å². The minimum absolute atomic E-state index is 0.102. The van der Waals surface area contributed by atoms with Crippen molar-refractivity contribution in [3.05, 3.63) is 16.7 Å². The molecule has 0 saturated heterocycles. The molecule has 0 aromatic carbocycles. The molecule has 1 aromatic heterocycles. The van der Waals surface area contributed by atoms with Gasteiger partial charge in [0.2, 0.25) is 11.9 Å². The summed E-state index contributed by atoms with van der Waals surface area (Å²) in [4.78, 5) is 6.98. The summed E-state index contributed by atoms with van der Waals surface area (Å²) in [5.41, 5.74) is 10.8. The molecule has 0 spiro atoms. The number of halogens is 2. The summed E-state index contributed by atoms with van der Waals surface area (Å²) in [6, 6.07) is 0. The standard InChI is InChI=1S/C6H8ClFN4/c7-4-3(1-2-9)11-6(10)12-5(4)8/h1-2,9H2,(H2,10,11,12). The molecule has 4 nitrogen and oxygen atoms in total. The Bertz CT molecular complexity index is 291. The van der Waals surface area contributed by atoms with Gasteiger partial charge < -0.3 is 11.5 Å². The molecule has 1 heterocycles. The first-order chi connectivity index (χ1) is 5.65. The second-order valence-corrected chi connectivity index (χ2v) is 2.55. The Labute approximate surface area is 73.7 Å². The van der Waals surface area contributed by atoms with Gasteiger partial charge in [-0.05, 0) is 6.54 Å². The lowest BCUT2D eigenvalue weighted by Crippen LogP contribution is -2.09. The van der Waals surface area contributed by atoms with Crippen LogP contribution in [0.15, 0.2) is 0 Å². The normalized spacial score (nSPS) is 10.2. The number of anilines is 1. The number of nitrogens with two attached hydrogens (primary N) is 2. The van der Waals surface area contributed by atoms with Crippen LogP contribution in [0.2, 0.25) is 5.02 Å². The van der Waals surface area contributed by atoms with Gasteiger partial charge in [0.05, 0.1) is 5.69 Å². The molecule has 0 unspecified atom stereocenters. The number of aromatic nitrogens is 2. The number of hydrogen-bond donors (Lipinski definition) is 2. The van der Waals surface area contributed by atoms with Crippen LogP contribution < -0.4 is 11.5 Å². The van der Waals surface area contributed by atoms with Crippen molar-refractivity contribution in [1.82, 2.24) is 9.97 Å². The highest BCUT2D eigenvalue weighted by Crippen LogP contribution is 2.17. The summed E-state index contributed by atoms with van der Waals surface area (Å²) < 4.78 is 12.8. The topological polar surface area (TPSA) is 77.8 Å². The van der Waals surface area contributed by atoms with E-state index < -0.39 is 5.95 Å². The zero-order valence-electron chi connectivity index (χ0n) is 6.22. The van der Waals surface area contributed by atoms with Gasteiger partial charge in [0.1, 0.15) is 5.02 Å². The summed E-state index contributed by atoms with van der Waals surface area (Å²) >= 11 is 5.53. The Balaban J connectivity index is 3.09. The molecular formula is C6H8ClFN4. The smallest absolute Gasteiger partial charge is 0.236 e. The van der Waals surface area contributed by atoms with Crippen LogP contribution in [0, 0.1) is 5.95 Å². The lowest BCUT2D eigenvalue weighted by Gasteiger charge is -2.02. The lowest BCUT2D eigenvalue weighted by molar-refractivity contribution is 0.579. The van der Waals surface area contributed by atoms with Crippen molar-refractivity contribution in [1.29, 1.82) is 0 Å². The van der Waals surface area contributed by atoms with E-state index in [4.69, 9.17) is 23.1 Å². The Morgan fingerprint density at radius 1 is 1.42 bits per heavy atom. The fourth-order valence-corrected chi connectivity index (χ4v) is 0.962. The zero-order chi connectivity index (χ0) is 9.14. The maximum atomic E-state index is 12.8. The zero-order valence-corrected chi connectivity index (χ0v) is 6.98. The lowest BCUT2D eigenvalue weighted by atomic mass is 10.3. The molecule has 6 heteroatoms. The van der Waals surface area contributed by atoms with Crippen molar-refractivity contribution in [3.63, 3.8) is 0 Å². The van der Waals surface area contributed by atoms with Crippen molar-refractivity contribution in [3.8, 4) is 0 Å². The average Bonchev–Trinajstić information content (AvgIpc) is 2.00. The van der Waals surface area contributed by atoms with E-state index in [0.29, 0.717) is 18.7 Å². The van der Waals surface area contributed by atoms with Gasteiger partial charge in [0.15, 0.2) is 0 Å². The summed E-state index contributed by atoms with van der Waals surface area (Å²) in [5, 5.41) is -0.102. The minimum Gasteiger partial charge on any atom is -0.368 e. The van der Waals surface area contributed by atoms with E-state index in [-0.39, 0.29) is 11.0 Å². The summed E-state index contributed by atoms with van der Waals surface area (Å²) in [6.45, 7) is 0.343. The number of nitrogen functional groups attached to an aromatic ring is 1. The molecule has 12 heavy (non-hydrogen) atoms. The van der Waals surface area contributed by atoms with Crippen LogP contribution >= 0.6 is 11.6 Å². The Hall–Kier alpha value is -0.940. The molecule has 0 aliphatic rings. The first-order valence-electron chi connectivity index (χ1n) is 3.32. The second-order valence-electron chi connectivity index (χ2n) is 2.17. The van der Waals surface area contributed by atoms with Crippen molar-refractivity contribution in [2.24, 2.45) is 5.73 Å². The molecule has 1 rings (SSSR count). The Kier molecular flexibility index (Phi) is 2.78. The van der Waals surface area contributed by atoms with Gasteiger partial charge in [0, 0.05) is 6.42 Å². The molecule has 1 aromatic rings. The third-order valence-electron chi connectivity index (χ3n) is 1.28. The second kappa shape index (κ2) is 3.64. The molecular weight excluding hydrogens is 183 g/mol. The minimum atomic E-state index is -0.799. The predicted octanol–water partition coefficient (Wildman–Crippen LogP) is 0.352. The van der Waals surface area contributed by atoms with Crippen molar-refractivity contribution < 1.29 is 4.39 Å². The van der Waals surface area contributed by atoms with E-state index >= 15 is 0 Å². The van der Waals surface area contributed by atoms with Crippen molar-refractivity contribution in [2.45, 2.75) is 6.42 Å². The third kappa shape index (κ3) is 1.80. The molecule has 0 fully saturated rings. The highest BCUT2D eigenvalue weighted by atomic mass is 35.5. The van der Waals surface area contributed by atoms with E-state index in [1.165, 1.54) is 0 Å². The quantitative estimate of drug-likeness (QED) is 0.660. The number of nitrogens with zero attached hydrogens (tertiary/aromatic N) is 2. The van der Waals surface area contributed by atoms with Gasteiger partial charge in [-0.1, -0.05) is 11.6 Å². The largest absolute Gasteiger partial charge is 0.368 e. The molecule has 0 radical (unpaired) electrons. The van der Waals surface area contributed by atoms with E-state index in [0.717, 1.165) is 0 Å². The number of rotatable bonds is 2. The molecule has 0 aliphatic carbocycles. The predicted molar refractivity (Wildman–Crippen MR) is 44.2 cm³/mol. The van der Waals surface area contributed by atoms with Gasteiger partial charge in [-0.15, -0.1) is 0 Å². The van der Waals surface area contributed by atoms with Crippen molar-refractivity contribution in [2.75, 3.05) is 12.3 Å². The van der Waals surface area contributed by atoms with E-state index in [1.54, 1.807) is 0 Å². The van der Waals surface area contributed by atoms with Crippen molar-refractivity contribution >= 4 is 17.5 Å². The van der Waals surface area contributed by atoms with Gasteiger partial charge in [-0.25, -0.2) is 4.98 Å². The third-order valence-corrected chi connectivity index (χ3v) is 1.65. The van der Waals surface area contributed by atoms with Gasteiger partial charge in [0.25, 0.3) is 0 Å². The SMILES string of the molecule is NCCc1nc(N)nc(F)c1Cl. The molecule has 0 saturated carbocycles. The summed E-state index contributed by atoms with van der Waals surface area (Å²) in [7, 11) is 0. The molecule has 0 aliphatic heterocycles. The van der Waals surface area contributed by atoms with E-state index in [1.807, 2.05) is 0 Å². The highest BCUT2D eigenvalue weighted by Gasteiger charge is 2.09. The van der Waals surface area contributed by atoms with Gasteiger partial charge >= 0.3 is 0 Å². The van der Waals surface area contributed by atoms with Crippen LogP contribution in [0.1, 0.15) is 5.69 Å². The molecule has 0 atom stereocenters. The Morgan fingerprint density at radius 2 is 2.08 bits per heavy atom. The van der Waals surface area contributed by atoms with Crippen LogP contribution in [0.3, 0.4) is 0 Å². The highest BCUT2D eigenvalue weighted by molar-refractivity contribution is 6.31. The molecule has 4 N–H and O–H groups in total. The van der Waals surface area contributed by atoms with E-state index in [9.17, 15) is 4.39 Å². The fourth-order valence-electron chi connectivity index (χ4n) is 0.783. The first kappa shape index (κ1) is 9.15. The maximum Gasteiger partial charge on any atom is 0.236 e. The molecule has 66 valence electrons. The maximum absolute atomic E-state index is 12.8. The van der Waals surface area contributed by atoms with Gasteiger partial charge in [-0.2, -0.15) is 9.37 Å². The van der Waals surface area contributed by atoms with Crippen LogP contribution in [0.25, 0.3) is 0 Å².